The van der Waals surface area contributed by atoms with Crippen LogP contribution in [0.4, 0.5) is 26.8 Å². The summed E-state index contributed by atoms with van der Waals surface area (Å²) in [5.74, 6) is -0.663. The molecule has 4 unspecified atom stereocenters. The van der Waals surface area contributed by atoms with Gasteiger partial charge in [0.1, 0.15) is 30.4 Å². The van der Waals surface area contributed by atoms with Crippen LogP contribution in [0.25, 0.3) is 0 Å². The van der Waals surface area contributed by atoms with Crippen LogP contribution >= 0.6 is 0 Å². The van der Waals surface area contributed by atoms with Crippen molar-refractivity contribution in [3.8, 4) is 0 Å². The van der Waals surface area contributed by atoms with Crippen LogP contribution in [0, 0.1) is 10.8 Å². The predicted octanol–water partition coefficient (Wildman–Crippen LogP) is 5.28. The molecule has 17 nitrogen and oxygen atoms in total. The van der Waals surface area contributed by atoms with Gasteiger partial charge in [0.05, 0.1) is 14.2 Å². The zero-order valence-electron chi connectivity index (χ0n) is 35.7. The van der Waals surface area contributed by atoms with Gasteiger partial charge in [-0.1, -0.05) is 71.0 Å². The molecule has 60 heavy (non-hydrogen) atoms. The molecule has 6 amide bonds. The first-order valence-corrected chi connectivity index (χ1v) is 20.1. The number of aromatic nitrogens is 1. The Hall–Kier alpha value is -6.13. The molecule has 2 aliphatic heterocycles. The Morgan fingerprint density at radius 2 is 1.08 bits per heavy atom. The van der Waals surface area contributed by atoms with Crippen LogP contribution in [-0.2, 0) is 41.7 Å². The van der Waals surface area contributed by atoms with Gasteiger partial charge in [0.2, 0.25) is 23.6 Å². The first-order valence-electron chi connectivity index (χ1n) is 20.1. The van der Waals surface area contributed by atoms with E-state index in [1.54, 1.807) is 6.07 Å². The molecule has 324 valence electrons. The van der Waals surface area contributed by atoms with Crippen molar-refractivity contribution in [3.63, 3.8) is 0 Å². The van der Waals surface area contributed by atoms with Gasteiger partial charge in [-0.05, 0) is 71.9 Å². The van der Waals surface area contributed by atoms with E-state index in [-0.39, 0.29) is 23.6 Å². The van der Waals surface area contributed by atoms with E-state index in [2.05, 4.69) is 26.4 Å². The van der Waals surface area contributed by atoms with Crippen LogP contribution in [0.1, 0.15) is 78.4 Å². The largest absolute Gasteiger partial charge is 0.453 e. The van der Waals surface area contributed by atoms with Crippen molar-refractivity contribution >= 4 is 53.0 Å². The number of carbonyl (C=O) groups is 6. The fourth-order valence-corrected chi connectivity index (χ4v) is 7.45. The molecule has 0 bridgehead atoms. The van der Waals surface area contributed by atoms with E-state index in [0.29, 0.717) is 69.1 Å². The Kier molecular flexibility index (Phi) is 14.5. The minimum absolute atomic E-state index is 0.306. The highest BCUT2D eigenvalue weighted by molar-refractivity contribution is 6.00. The standard InChI is InChI=1S/C43H58N8O9/c1-42(2,3)34(46-40(56)58-7)38(54)50-22-9-11-31(50)36(52)44-29-17-13-27(14-18-29)25-49(33-21-24-60-48-33)26-28-15-19-30(20-16-28)45-37(53)32-12-10-23-51(32)39(55)35(43(4,5)6)47-41(57)59-8/h13-21,24,31-32,34-35H,9-12,22-23,25-26H2,1-8H3,(H,44,52)(H,45,53)(H,46,56)(H,47,57). The number of carbonyl (C=O) groups excluding carboxylic acids is 6. The number of alkyl carbamates (subject to hydrolysis) is 2. The lowest BCUT2D eigenvalue weighted by molar-refractivity contribution is -0.140. The molecular weight excluding hydrogens is 773 g/mol. The average molecular weight is 831 g/mol. The molecular formula is C43H58N8O9. The zero-order valence-corrected chi connectivity index (χ0v) is 35.7. The lowest BCUT2D eigenvalue weighted by Gasteiger charge is -2.35. The molecule has 2 aromatic carbocycles. The highest BCUT2D eigenvalue weighted by Crippen LogP contribution is 2.29. The molecule has 2 fully saturated rings. The van der Waals surface area contributed by atoms with E-state index in [1.165, 1.54) is 30.3 Å². The molecule has 0 saturated carbocycles. The number of hydrogen-bond acceptors (Lipinski definition) is 11. The fourth-order valence-electron chi connectivity index (χ4n) is 7.45. The monoisotopic (exact) mass is 830 g/mol. The van der Waals surface area contributed by atoms with E-state index in [0.717, 1.165) is 11.1 Å². The predicted molar refractivity (Wildman–Crippen MR) is 224 cm³/mol. The summed E-state index contributed by atoms with van der Waals surface area (Å²) in [6.07, 6.45) is 2.39. The number of methoxy groups -OCH3 is 2. The Labute approximate surface area is 350 Å². The molecule has 2 saturated heterocycles. The van der Waals surface area contributed by atoms with E-state index < -0.39 is 47.2 Å². The Bertz CT molecular complexity index is 1850. The SMILES string of the molecule is COC(=O)NC(C(=O)N1CCCC1C(=O)Nc1ccc(CN(Cc2ccc(NC(=O)C3CCCN3C(=O)C(NC(=O)OC)C(C)(C)C)cc2)c2ccon2)cc1)C(C)(C)C. The normalized spacial score (nSPS) is 17.6. The number of nitrogens with zero attached hydrogens (tertiary/aromatic N) is 4. The van der Waals surface area contributed by atoms with Gasteiger partial charge in [0.25, 0.3) is 0 Å². The number of ether oxygens (including phenoxy) is 2. The van der Waals surface area contributed by atoms with E-state index in [4.69, 9.17) is 14.0 Å². The maximum atomic E-state index is 13.6. The zero-order chi connectivity index (χ0) is 43.8. The van der Waals surface area contributed by atoms with Crippen LogP contribution in [0.3, 0.4) is 0 Å². The fraction of sp³-hybridized carbons (Fsp3) is 0.512. The lowest BCUT2D eigenvalue weighted by atomic mass is 9.85. The summed E-state index contributed by atoms with van der Waals surface area (Å²) in [5.41, 5.74) is 1.80. The average Bonchev–Trinajstić information content (AvgIpc) is 4.02. The van der Waals surface area contributed by atoms with Crippen molar-refractivity contribution in [3.05, 3.63) is 72.0 Å². The number of benzene rings is 2. The minimum atomic E-state index is -0.873. The number of rotatable bonds is 13. The van der Waals surface area contributed by atoms with Crippen molar-refractivity contribution in [2.75, 3.05) is 42.8 Å². The van der Waals surface area contributed by atoms with E-state index in [9.17, 15) is 28.8 Å². The summed E-state index contributed by atoms with van der Waals surface area (Å²) in [4.78, 5) is 83.4. The van der Waals surface area contributed by atoms with Gasteiger partial charge in [0, 0.05) is 43.6 Å². The summed E-state index contributed by atoms with van der Waals surface area (Å²) in [6, 6.07) is 13.5. The van der Waals surface area contributed by atoms with Gasteiger partial charge in [-0.3, -0.25) is 19.2 Å². The molecule has 4 N–H and O–H groups in total. The van der Waals surface area contributed by atoms with Crippen LogP contribution in [0.2, 0.25) is 0 Å². The summed E-state index contributed by atoms with van der Waals surface area (Å²) < 4.78 is 14.6. The third kappa shape index (κ3) is 11.3. The van der Waals surface area contributed by atoms with Gasteiger partial charge in [-0.2, -0.15) is 0 Å². The molecule has 3 aromatic rings. The second kappa shape index (κ2) is 19.3. The third-order valence-corrected chi connectivity index (χ3v) is 10.7. The Morgan fingerprint density at radius 1 is 0.683 bits per heavy atom. The molecule has 1 aromatic heterocycles. The van der Waals surface area contributed by atoms with Crippen molar-refractivity contribution < 1.29 is 42.8 Å². The molecule has 0 spiro atoms. The molecule has 17 heteroatoms. The van der Waals surface area contributed by atoms with Crippen molar-refractivity contribution in [2.24, 2.45) is 10.8 Å². The van der Waals surface area contributed by atoms with E-state index in [1.807, 2.05) is 95.0 Å². The third-order valence-electron chi connectivity index (χ3n) is 10.7. The second-order valence-electron chi connectivity index (χ2n) is 17.3. The highest BCUT2D eigenvalue weighted by Gasteiger charge is 2.43. The summed E-state index contributed by atoms with van der Waals surface area (Å²) in [7, 11) is 2.48. The summed E-state index contributed by atoms with van der Waals surface area (Å²) >= 11 is 0. The number of likely N-dealkylation sites (tertiary alicyclic amines) is 2. The molecule has 3 heterocycles. The lowest BCUT2D eigenvalue weighted by Crippen LogP contribution is -2.57. The van der Waals surface area contributed by atoms with E-state index >= 15 is 0 Å². The molecule has 4 atom stereocenters. The molecule has 0 aliphatic carbocycles. The van der Waals surface area contributed by atoms with Gasteiger partial charge in [-0.25, -0.2) is 9.59 Å². The van der Waals surface area contributed by atoms with Crippen LogP contribution in [0.5, 0.6) is 0 Å². The first kappa shape index (κ1) is 45.0. The number of nitrogens with one attached hydrogen (secondary N) is 4. The molecule has 0 radical (unpaired) electrons. The number of hydrogen-bond donors (Lipinski definition) is 4. The number of amides is 6. The van der Waals surface area contributed by atoms with Crippen molar-refractivity contribution in [1.82, 2.24) is 25.6 Å². The minimum Gasteiger partial charge on any atom is -0.453 e. The molecule has 2 aliphatic rings. The first-order chi connectivity index (χ1) is 28.4. The van der Waals surface area contributed by atoms with Gasteiger partial charge < -0.3 is 50.0 Å². The smallest absolute Gasteiger partial charge is 0.407 e. The number of anilines is 3. The van der Waals surface area contributed by atoms with Gasteiger partial charge >= 0.3 is 12.2 Å². The summed E-state index contributed by atoms with van der Waals surface area (Å²) in [5, 5.41) is 15.3. The Morgan fingerprint density at radius 3 is 1.42 bits per heavy atom. The topological polar surface area (TPSA) is 205 Å². The maximum absolute atomic E-state index is 13.6. The van der Waals surface area contributed by atoms with Crippen molar-refractivity contribution in [2.45, 2.75) is 104 Å². The second-order valence-corrected chi connectivity index (χ2v) is 17.3. The Balaban J connectivity index is 1.20. The van der Waals surface area contributed by atoms with Crippen LogP contribution in [0.15, 0.2) is 65.4 Å². The quantitative estimate of drug-likeness (QED) is 0.174. The van der Waals surface area contributed by atoms with Crippen molar-refractivity contribution in [1.29, 1.82) is 0 Å². The maximum Gasteiger partial charge on any atom is 0.407 e. The van der Waals surface area contributed by atoms with Crippen LogP contribution < -0.4 is 26.2 Å². The highest BCUT2D eigenvalue weighted by atomic mass is 16.5. The van der Waals surface area contributed by atoms with Gasteiger partial charge in [-0.15, -0.1) is 0 Å². The van der Waals surface area contributed by atoms with Crippen LogP contribution in [-0.4, -0.2) is 102 Å². The molecule has 5 rings (SSSR count). The summed E-state index contributed by atoms with van der Waals surface area (Å²) in [6.45, 7) is 12.8. The van der Waals surface area contributed by atoms with Gasteiger partial charge in [0.15, 0.2) is 5.82 Å².